The summed E-state index contributed by atoms with van der Waals surface area (Å²) in [5.74, 6) is -0.391. The van der Waals surface area contributed by atoms with E-state index in [1.165, 1.54) is 28.8 Å². The van der Waals surface area contributed by atoms with Crippen LogP contribution in [0.25, 0.3) is 17.1 Å². The number of ketones is 1. The van der Waals surface area contributed by atoms with Crippen molar-refractivity contribution < 1.29 is 13.7 Å². The van der Waals surface area contributed by atoms with Crippen LogP contribution in [0.1, 0.15) is 16.2 Å². The van der Waals surface area contributed by atoms with E-state index in [2.05, 4.69) is 15.2 Å². The van der Waals surface area contributed by atoms with Gasteiger partial charge in [0.25, 0.3) is 5.89 Å². The SMILES string of the molecule is Cc1noc(-c2ccn3c(=O)n(CC(=O)c4ccccc4F)nc3c2)n1. The van der Waals surface area contributed by atoms with Crippen molar-refractivity contribution >= 4 is 11.4 Å². The van der Waals surface area contributed by atoms with Gasteiger partial charge in [-0.3, -0.25) is 9.20 Å². The number of carbonyl (C=O) groups is 1. The summed E-state index contributed by atoms with van der Waals surface area (Å²) >= 11 is 0. The number of halogens is 1. The number of hydrogen-bond donors (Lipinski definition) is 0. The molecule has 0 saturated carbocycles. The van der Waals surface area contributed by atoms with Crippen molar-refractivity contribution in [3.05, 3.63) is 70.3 Å². The van der Waals surface area contributed by atoms with E-state index >= 15 is 0 Å². The molecule has 0 saturated heterocycles. The van der Waals surface area contributed by atoms with Crippen molar-refractivity contribution in [2.75, 3.05) is 0 Å². The molecule has 0 bridgehead atoms. The van der Waals surface area contributed by atoms with Gasteiger partial charge in [-0.1, -0.05) is 17.3 Å². The molecule has 0 spiro atoms. The molecule has 26 heavy (non-hydrogen) atoms. The highest BCUT2D eigenvalue weighted by Crippen LogP contribution is 2.17. The number of aryl methyl sites for hydroxylation is 1. The van der Waals surface area contributed by atoms with Crippen LogP contribution >= 0.6 is 0 Å². The number of hydrogen-bond acceptors (Lipinski definition) is 6. The minimum Gasteiger partial charge on any atom is -0.334 e. The molecule has 4 aromatic rings. The number of pyridine rings is 1. The maximum absolute atomic E-state index is 13.7. The number of Topliss-reactive ketones (excluding diaryl/α,β-unsaturated/α-hetero) is 1. The summed E-state index contributed by atoms with van der Waals surface area (Å²) in [7, 11) is 0. The molecule has 0 unspecified atom stereocenters. The second-order valence-electron chi connectivity index (χ2n) is 5.63. The zero-order chi connectivity index (χ0) is 18.3. The Kier molecular flexibility index (Phi) is 3.68. The van der Waals surface area contributed by atoms with Crippen LogP contribution in [0.5, 0.6) is 0 Å². The average molecular weight is 353 g/mol. The lowest BCUT2D eigenvalue weighted by Gasteiger charge is -2.01. The number of carbonyl (C=O) groups excluding carboxylic acids is 1. The van der Waals surface area contributed by atoms with Crippen LogP contribution < -0.4 is 5.69 Å². The topological polar surface area (TPSA) is 95.3 Å². The molecular formula is C17H12FN5O3. The van der Waals surface area contributed by atoms with E-state index in [1.54, 1.807) is 25.1 Å². The Morgan fingerprint density at radius 3 is 2.81 bits per heavy atom. The van der Waals surface area contributed by atoms with Crippen LogP contribution in [0, 0.1) is 12.7 Å². The van der Waals surface area contributed by atoms with Crippen molar-refractivity contribution in [2.24, 2.45) is 0 Å². The van der Waals surface area contributed by atoms with Crippen LogP contribution in [0.2, 0.25) is 0 Å². The summed E-state index contributed by atoms with van der Waals surface area (Å²) in [6.07, 6.45) is 1.50. The number of rotatable bonds is 4. The first-order valence-corrected chi connectivity index (χ1v) is 7.70. The third-order valence-corrected chi connectivity index (χ3v) is 3.83. The molecule has 0 aliphatic rings. The zero-order valence-electron chi connectivity index (χ0n) is 13.6. The summed E-state index contributed by atoms with van der Waals surface area (Å²) in [4.78, 5) is 28.8. The summed E-state index contributed by atoms with van der Waals surface area (Å²) in [5.41, 5.74) is 0.316. The Morgan fingerprint density at radius 2 is 2.08 bits per heavy atom. The quantitative estimate of drug-likeness (QED) is 0.520. The molecule has 3 aromatic heterocycles. The van der Waals surface area contributed by atoms with Crippen LogP contribution in [0.15, 0.2) is 51.9 Å². The highest BCUT2D eigenvalue weighted by molar-refractivity contribution is 5.96. The first-order valence-electron chi connectivity index (χ1n) is 7.70. The lowest BCUT2D eigenvalue weighted by molar-refractivity contribution is 0.0962. The third kappa shape index (κ3) is 2.69. The first kappa shape index (κ1) is 15.9. The second kappa shape index (κ2) is 6.03. The fraction of sp³-hybridized carbons (Fsp3) is 0.118. The summed E-state index contributed by atoms with van der Waals surface area (Å²) in [6.45, 7) is 1.33. The minimum atomic E-state index is -0.636. The van der Waals surface area contributed by atoms with Crippen LogP contribution in [-0.4, -0.2) is 30.1 Å². The van der Waals surface area contributed by atoms with Crippen molar-refractivity contribution in [3.8, 4) is 11.5 Å². The summed E-state index contributed by atoms with van der Waals surface area (Å²) < 4.78 is 21.1. The molecule has 8 nitrogen and oxygen atoms in total. The van der Waals surface area contributed by atoms with E-state index in [0.717, 1.165) is 4.68 Å². The van der Waals surface area contributed by atoms with Gasteiger partial charge in [-0.25, -0.2) is 13.9 Å². The van der Waals surface area contributed by atoms with Gasteiger partial charge in [0.05, 0.1) is 5.56 Å². The van der Waals surface area contributed by atoms with Gasteiger partial charge < -0.3 is 4.52 Å². The van der Waals surface area contributed by atoms with Gasteiger partial charge >= 0.3 is 5.69 Å². The lowest BCUT2D eigenvalue weighted by Crippen LogP contribution is -2.25. The Balaban J connectivity index is 1.70. The standard InChI is InChI=1S/C17H12FN5O3/c1-10-19-16(26-21-10)11-6-7-22-15(8-11)20-23(17(22)25)9-14(24)12-4-2-3-5-13(12)18/h2-8H,9H2,1H3. The van der Waals surface area contributed by atoms with E-state index in [1.807, 2.05) is 0 Å². The van der Waals surface area contributed by atoms with Gasteiger partial charge in [-0.15, -0.1) is 5.10 Å². The molecule has 0 radical (unpaired) electrons. The average Bonchev–Trinajstić information content (AvgIpc) is 3.19. The molecule has 1 aromatic carbocycles. The Hall–Kier alpha value is -3.62. The van der Waals surface area contributed by atoms with Crippen LogP contribution in [0.3, 0.4) is 0 Å². The molecular weight excluding hydrogens is 341 g/mol. The summed E-state index contributed by atoms with van der Waals surface area (Å²) in [6, 6.07) is 8.84. The van der Waals surface area contributed by atoms with Gasteiger partial charge in [0, 0.05) is 11.8 Å². The molecule has 0 amide bonds. The fourth-order valence-corrected chi connectivity index (χ4v) is 2.58. The largest absolute Gasteiger partial charge is 0.350 e. The molecule has 0 aliphatic heterocycles. The number of nitrogens with zero attached hydrogens (tertiary/aromatic N) is 5. The highest BCUT2D eigenvalue weighted by Gasteiger charge is 2.16. The molecule has 0 atom stereocenters. The van der Waals surface area contributed by atoms with Crippen molar-refractivity contribution in [1.29, 1.82) is 0 Å². The minimum absolute atomic E-state index is 0.0847. The monoisotopic (exact) mass is 353 g/mol. The van der Waals surface area contributed by atoms with Gasteiger partial charge in [-0.2, -0.15) is 4.98 Å². The van der Waals surface area contributed by atoms with Crippen molar-refractivity contribution in [1.82, 2.24) is 24.3 Å². The fourth-order valence-electron chi connectivity index (χ4n) is 2.58. The van der Waals surface area contributed by atoms with Gasteiger partial charge in [-0.05, 0) is 31.2 Å². The molecule has 130 valence electrons. The van der Waals surface area contributed by atoms with Gasteiger partial charge in [0.1, 0.15) is 12.4 Å². The predicted molar refractivity (Wildman–Crippen MR) is 88.2 cm³/mol. The van der Waals surface area contributed by atoms with E-state index < -0.39 is 17.3 Å². The predicted octanol–water partition coefficient (Wildman–Crippen LogP) is 1.88. The van der Waals surface area contributed by atoms with Crippen LogP contribution in [0.4, 0.5) is 4.39 Å². The number of fused-ring (bicyclic) bond motifs is 1. The van der Waals surface area contributed by atoms with E-state index in [9.17, 15) is 14.0 Å². The van der Waals surface area contributed by atoms with Gasteiger partial charge in [0.2, 0.25) is 0 Å². The smallest absolute Gasteiger partial charge is 0.334 e. The molecule has 4 rings (SSSR count). The van der Waals surface area contributed by atoms with Crippen LogP contribution in [-0.2, 0) is 6.54 Å². The van der Waals surface area contributed by atoms with Gasteiger partial charge in [0.15, 0.2) is 17.3 Å². The highest BCUT2D eigenvalue weighted by atomic mass is 19.1. The first-order chi connectivity index (χ1) is 12.5. The maximum atomic E-state index is 13.7. The van der Waals surface area contributed by atoms with E-state index in [0.29, 0.717) is 22.9 Å². The third-order valence-electron chi connectivity index (χ3n) is 3.83. The Labute approximate surface area is 145 Å². The molecule has 9 heteroatoms. The number of benzene rings is 1. The summed E-state index contributed by atoms with van der Waals surface area (Å²) in [5, 5.41) is 7.85. The Morgan fingerprint density at radius 1 is 1.27 bits per heavy atom. The second-order valence-corrected chi connectivity index (χ2v) is 5.63. The zero-order valence-corrected chi connectivity index (χ0v) is 13.6. The normalized spacial score (nSPS) is 11.2. The lowest BCUT2D eigenvalue weighted by atomic mass is 10.1. The van der Waals surface area contributed by atoms with E-state index in [-0.39, 0.29) is 12.1 Å². The Bertz CT molecular complexity index is 1190. The van der Waals surface area contributed by atoms with E-state index in [4.69, 9.17) is 4.52 Å². The van der Waals surface area contributed by atoms with Crippen molar-refractivity contribution in [2.45, 2.75) is 13.5 Å². The molecule has 0 fully saturated rings. The maximum Gasteiger partial charge on any atom is 0.350 e. The molecule has 3 heterocycles. The molecule has 0 aliphatic carbocycles. The molecule has 0 N–H and O–H groups in total. The van der Waals surface area contributed by atoms with Crippen molar-refractivity contribution in [3.63, 3.8) is 0 Å². The number of aromatic nitrogens is 5.